The molecule has 1 N–H and O–H groups in total. The maximum Gasteiger partial charge on any atom is 0.274 e. The third kappa shape index (κ3) is 4.34. The van der Waals surface area contributed by atoms with Crippen molar-refractivity contribution in [3.63, 3.8) is 0 Å². The average molecular weight is 367 g/mol. The zero-order valence-electron chi connectivity index (χ0n) is 15.8. The van der Waals surface area contributed by atoms with Gasteiger partial charge < -0.3 is 15.0 Å². The number of nitrogens with zero attached hydrogens (tertiary/aromatic N) is 2. The molecule has 1 aromatic carbocycles. The Morgan fingerprint density at radius 3 is 2.22 bits per heavy atom. The number of carbonyl (C=O) groups excluding carboxylic acids is 2. The van der Waals surface area contributed by atoms with E-state index >= 15 is 0 Å². The molecule has 6 heteroatoms. The molecule has 0 saturated carbocycles. The number of anilines is 1. The molecule has 6 nitrogen and oxygen atoms in total. The molecule has 1 fully saturated rings. The minimum Gasteiger partial charge on any atom is -0.378 e. The number of pyridine rings is 1. The standard InChI is InChI=1S/C21H25N3O3/c1-3-15-7-5-8-16(4-2)19(15)23-20(25)17-9-6-10-18(22-17)21(26)24-11-13-27-14-12-24/h5-10H,3-4,11-14H2,1-2H3,(H,23,25). The normalized spacial score (nSPS) is 14.1. The van der Waals surface area contributed by atoms with Crippen LogP contribution in [0.2, 0.25) is 0 Å². The Morgan fingerprint density at radius 2 is 1.59 bits per heavy atom. The Kier molecular flexibility index (Phi) is 6.19. The van der Waals surface area contributed by atoms with Gasteiger partial charge in [-0.15, -0.1) is 0 Å². The van der Waals surface area contributed by atoms with E-state index in [0.717, 1.165) is 29.7 Å². The van der Waals surface area contributed by atoms with E-state index in [-0.39, 0.29) is 23.2 Å². The lowest BCUT2D eigenvalue weighted by Crippen LogP contribution is -2.41. The zero-order chi connectivity index (χ0) is 19.2. The van der Waals surface area contributed by atoms with Gasteiger partial charge in [-0.05, 0) is 36.1 Å². The van der Waals surface area contributed by atoms with E-state index in [1.807, 2.05) is 18.2 Å². The molecule has 1 aliphatic rings. The van der Waals surface area contributed by atoms with Gasteiger partial charge in [0.05, 0.1) is 13.2 Å². The summed E-state index contributed by atoms with van der Waals surface area (Å²) in [5, 5.41) is 3.00. The fourth-order valence-electron chi connectivity index (χ4n) is 3.19. The molecule has 1 saturated heterocycles. The van der Waals surface area contributed by atoms with Gasteiger partial charge in [0.25, 0.3) is 11.8 Å². The Balaban J connectivity index is 1.81. The molecule has 27 heavy (non-hydrogen) atoms. The van der Waals surface area contributed by atoms with E-state index in [9.17, 15) is 9.59 Å². The first-order valence-corrected chi connectivity index (χ1v) is 9.40. The highest BCUT2D eigenvalue weighted by atomic mass is 16.5. The van der Waals surface area contributed by atoms with Crippen molar-refractivity contribution in [1.29, 1.82) is 0 Å². The monoisotopic (exact) mass is 367 g/mol. The predicted octanol–water partition coefficient (Wildman–Crippen LogP) is 2.93. The van der Waals surface area contributed by atoms with Crippen LogP contribution >= 0.6 is 0 Å². The molecule has 0 radical (unpaired) electrons. The maximum atomic E-state index is 12.8. The van der Waals surface area contributed by atoms with E-state index < -0.39 is 0 Å². The van der Waals surface area contributed by atoms with Gasteiger partial charge in [-0.3, -0.25) is 9.59 Å². The third-order valence-electron chi connectivity index (χ3n) is 4.74. The molecule has 0 spiro atoms. The van der Waals surface area contributed by atoms with Crippen LogP contribution in [0.25, 0.3) is 0 Å². The van der Waals surface area contributed by atoms with Gasteiger partial charge in [0.15, 0.2) is 0 Å². The Hall–Kier alpha value is -2.73. The van der Waals surface area contributed by atoms with Crippen molar-refractivity contribution >= 4 is 17.5 Å². The van der Waals surface area contributed by atoms with Crippen molar-refractivity contribution in [1.82, 2.24) is 9.88 Å². The van der Waals surface area contributed by atoms with Crippen molar-refractivity contribution in [2.75, 3.05) is 31.6 Å². The number of hydrogen-bond donors (Lipinski definition) is 1. The third-order valence-corrected chi connectivity index (χ3v) is 4.74. The fourth-order valence-corrected chi connectivity index (χ4v) is 3.19. The molecule has 1 aromatic heterocycles. The lowest BCUT2D eigenvalue weighted by molar-refractivity contribution is 0.0299. The number of nitrogens with one attached hydrogen (secondary N) is 1. The first-order valence-electron chi connectivity index (χ1n) is 9.40. The van der Waals surface area contributed by atoms with Crippen molar-refractivity contribution in [2.45, 2.75) is 26.7 Å². The summed E-state index contributed by atoms with van der Waals surface area (Å²) >= 11 is 0. The molecule has 2 amide bonds. The number of ether oxygens (including phenoxy) is 1. The van der Waals surface area contributed by atoms with Gasteiger partial charge in [0, 0.05) is 18.8 Å². The summed E-state index contributed by atoms with van der Waals surface area (Å²) in [4.78, 5) is 31.4. The van der Waals surface area contributed by atoms with Gasteiger partial charge in [0.2, 0.25) is 0 Å². The van der Waals surface area contributed by atoms with Crippen LogP contribution in [-0.4, -0.2) is 48.0 Å². The molecular weight excluding hydrogens is 342 g/mol. The SMILES string of the molecule is CCc1cccc(CC)c1NC(=O)c1cccc(C(=O)N2CCOCC2)n1. The number of para-hydroxylation sites is 1. The number of aromatic nitrogens is 1. The van der Waals surface area contributed by atoms with Crippen molar-refractivity contribution in [2.24, 2.45) is 0 Å². The summed E-state index contributed by atoms with van der Waals surface area (Å²) in [5.41, 5.74) is 3.54. The summed E-state index contributed by atoms with van der Waals surface area (Å²) in [7, 11) is 0. The lowest BCUT2D eigenvalue weighted by atomic mass is 10.0. The lowest BCUT2D eigenvalue weighted by Gasteiger charge is -2.26. The number of morpholine rings is 1. The van der Waals surface area contributed by atoms with Crippen LogP contribution in [0.15, 0.2) is 36.4 Å². The zero-order valence-corrected chi connectivity index (χ0v) is 15.8. The first-order chi connectivity index (χ1) is 13.1. The molecule has 2 heterocycles. The number of hydrogen-bond acceptors (Lipinski definition) is 4. The quantitative estimate of drug-likeness (QED) is 0.882. The second kappa shape index (κ2) is 8.77. The summed E-state index contributed by atoms with van der Waals surface area (Å²) in [6.07, 6.45) is 1.65. The summed E-state index contributed by atoms with van der Waals surface area (Å²) in [5.74, 6) is -0.474. The van der Waals surface area contributed by atoms with E-state index in [4.69, 9.17) is 4.74 Å². The van der Waals surface area contributed by atoms with Crippen LogP contribution in [0.4, 0.5) is 5.69 Å². The van der Waals surface area contributed by atoms with E-state index in [0.29, 0.717) is 26.3 Å². The molecule has 3 rings (SSSR count). The molecule has 142 valence electrons. The largest absolute Gasteiger partial charge is 0.378 e. The molecule has 0 bridgehead atoms. The van der Waals surface area contributed by atoms with E-state index in [2.05, 4.69) is 24.1 Å². The first kappa shape index (κ1) is 19.0. The van der Waals surface area contributed by atoms with Gasteiger partial charge in [-0.2, -0.15) is 0 Å². The van der Waals surface area contributed by atoms with Crippen LogP contribution in [0.3, 0.4) is 0 Å². The summed E-state index contributed by atoms with van der Waals surface area (Å²) in [6.45, 7) is 6.26. The van der Waals surface area contributed by atoms with Crippen LogP contribution < -0.4 is 5.32 Å². The maximum absolute atomic E-state index is 12.8. The van der Waals surface area contributed by atoms with Crippen molar-refractivity contribution in [3.8, 4) is 0 Å². The molecule has 0 unspecified atom stereocenters. The Labute approximate surface area is 159 Å². The second-order valence-electron chi connectivity index (χ2n) is 6.43. The average Bonchev–Trinajstić information content (AvgIpc) is 2.74. The topological polar surface area (TPSA) is 71.5 Å². The highest BCUT2D eigenvalue weighted by Crippen LogP contribution is 2.23. The highest BCUT2D eigenvalue weighted by Gasteiger charge is 2.21. The highest BCUT2D eigenvalue weighted by molar-refractivity contribution is 6.04. The number of aryl methyl sites for hydroxylation is 2. The van der Waals surface area contributed by atoms with E-state index in [1.165, 1.54) is 0 Å². The predicted molar refractivity (Wildman–Crippen MR) is 104 cm³/mol. The molecule has 2 aromatic rings. The number of benzene rings is 1. The minimum atomic E-state index is -0.303. The van der Waals surface area contributed by atoms with Crippen molar-refractivity contribution < 1.29 is 14.3 Å². The van der Waals surface area contributed by atoms with Crippen molar-refractivity contribution in [3.05, 3.63) is 58.9 Å². The molecular formula is C21H25N3O3. The fraction of sp³-hybridized carbons (Fsp3) is 0.381. The number of carbonyl (C=O) groups is 2. The Morgan fingerprint density at radius 1 is 1.00 bits per heavy atom. The molecule has 1 aliphatic heterocycles. The molecule has 0 aliphatic carbocycles. The number of rotatable bonds is 5. The second-order valence-corrected chi connectivity index (χ2v) is 6.43. The smallest absolute Gasteiger partial charge is 0.274 e. The minimum absolute atomic E-state index is 0.170. The van der Waals surface area contributed by atoms with E-state index in [1.54, 1.807) is 23.1 Å². The van der Waals surface area contributed by atoms with Crippen LogP contribution in [-0.2, 0) is 17.6 Å². The number of amides is 2. The van der Waals surface area contributed by atoms with Gasteiger partial charge in [-0.1, -0.05) is 38.1 Å². The van der Waals surface area contributed by atoms with Crippen LogP contribution in [0.5, 0.6) is 0 Å². The van der Waals surface area contributed by atoms with Crippen LogP contribution in [0, 0.1) is 0 Å². The summed E-state index contributed by atoms with van der Waals surface area (Å²) in [6, 6.07) is 11.0. The van der Waals surface area contributed by atoms with Gasteiger partial charge >= 0.3 is 0 Å². The summed E-state index contributed by atoms with van der Waals surface area (Å²) < 4.78 is 5.28. The Bertz CT molecular complexity index is 807. The van der Waals surface area contributed by atoms with Gasteiger partial charge in [0.1, 0.15) is 11.4 Å². The molecule has 0 atom stereocenters. The van der Waals surface area contributed by atoms with Gasteiger partial charge in [-0.25, -0.2) is 4.98 Å². The van der Waals surface area contributed by atoms with Crippen LogP contribution in [0.1, 0.15) is 46.0 Å².